The molecule has 11 heteroatoms. The fourth-order valence-corrected chi connectivity index (χ4v) is 13.2. The summed E-state index contributed by atoms with van der Waals surface area (Å²) in [6.07, 6.45) is -4.02. The number of fused-ring (bicyclic) bond motifs is 1. The maximum Gasteiger partial charge on any atom is 0.268 e. The Kier molecular flexibility index (Phi) is 9.27. The summed E-state index contributed by atoms with van der Waals surface area (Å²) >= 11 is 0. The van der Waals surface area contributed by atoms with Crippen LogP contribution in [-0.2, 0) is 24.8 Å². The minimum atomic E-state index is -4.16. The maximum atomic E-state index is 13.8. The average Bonchev–Trinajstić information content (AvgIpc) is 3.51. The third kappa shape index (κ3) is 5.58. The molecular weight excluding hydrogens is 659 g/mol. The lowest BCUT2D eigenvalue weighted by Crippen LogP contribution is -2.72. The maximum absolute atomic E-state index is 13.8. The number of aromatic nitrogens is 1. The average molecular weight is 702 g/mol. The van der Waals surface area contributed by atoms with Gasteiger partial charge in [0.15, 0.2) is 5.60 Å². The molecule has 49 heavy (non-hydrogen) atoms. The second-order valence-electron chi connectivity index (χ2n) is 13.6. The summed E-state index contributed by atoms with van der Waals surface area (Å²) in [6.45, 7) is 7.68. The van der Waals surface area contributed by atoms with E-state index in [9.17, 15) is 28.8 Å². The van der Waals surface area contributed by atoms with E-state index < -0.39 is 53.1 Å². The molecule has 0 amide bonds. The fraction of sp³-hybridized carbons (Fsp3) is 0.316. The normalized spacial score (nSPS) is 25.0. The Morgan fingerprint density at radius 3 is 1.86 bits per heavy atom. The molecule has 9 nitrogen and oxygen atoms in total. The number of aliphatic hydroxyl groups excluding tert-OH is 2. The number of ether oxygens (including phenoxy) is 1. The van der Waals surface area contributed by atoms with Gasteiger partial charge in [0, 0.05) is 23.6 Å². The summed E-state index contributed by atoms with van der Waals surface area (Å²) in [5.74, 6) is -2.46. The standard InChI is InChI=1S/C38H43NO8SSi/c1-5-37(42)38(43,31-25-39(32-24-16-15-23-30(31)32)48(44,45)27-17-9-6-10-18-27)35(41)34(40)33(47-37)26-46-49(36(2,3)4,28-19-11-7-12-20-28)29-21-13-8-14-22-29/h6-25,33-35,40-43H,5,26H2,1-4H3/t33-,34-,35+,37-,38-/m1/s1. The smallest absolute Gasteiger partial charge is 0.268 e. The van der Waals surface area contributed by atoms with Crippen LogP contribution in [0.2, 0.25) is 5.04 Å². The van der Waals surface area contributed by atoms with Crippen molar-refractivity contribution >= 4 is 39.6 Å². The van der Waals surface area contributed by atoms with Crippen molar-refractivity contribution in [3.63, 3.8) is 0 Å². The first-order chi connectivity index (χ1) is 23.2. The molecule has 6 rings (SSSR count). The van der Waals surface area contributed by atoms with Crippen LogP contribution in [0.15, 0.2) is 126 Å². The van der Waals surface area contributed by atoms with Gasteiger partial charge in [-0.3, -0.25) is 0 Å². The van der Waals surface area contributed by atoms with Gasteiger partial charge in [0.25, 0.3) is 18.3 Å². The molecule has 0 radical (unpaired) electrons. The number of para-hydroxylation sites is 1. The quantitative estimate of drug-likeness (QED) is 0.170. The lowest BCUT2D eigenvalue weighted by molar-refractivity contribution is -0.395. The predicted molar refractivity (Wildman–Crippen MR) is 191 cm³/mol. The molecule has 0 unspecified atom stereocenters. The summed E-state index contributed by atoms with van der Waals surface area (Å²) in [7, 11) is -7.28. The predicted octanol–water partition coefficient (Wildman–Crippen LogP) is 3.86. The zero-order valence-corrected chi connectivity index (χ0v) is 29.8. The highest BCUT2D eigenvalue weighted by molar-refractivity contribution is 7.90. The number of rotatable bonds is 9. The summed E-state index contributed by atoms with van der Waals surface area (Å²) in [5, 5.41) is 50.0. The van der Waals surface area contributed by atoms with Crippen LogP contribution >= 0.6 is 0 Å². The molecule has 4 aromatic carbocycles. The summed E-state index contributed by atoms with van der Waals surface area (Å²) in [5.41, 5.74) is -2.54. The number of hydrogen-bond donors (Lipinski definition) is 4. The van der Waals surface area contributed by atoms with E-state index >= 15 is 0 Å². The highest BCUT2D eigenvalue weighted by Crippen LogP contribution is 2.49. The zero-order valence-electron chi connectivity index (χ0n) is 28.0. The van der Waals surface area contributed by atoms with Crippen LogP contribution in [0.1, 0.15) is 39.7 Å². The first kappa shape index (κ1) is 35.2. The topological polar surface area (TPSA) is 138 Å². The number of benzene rings is 4. The highest BCUT2D eigenvalue weighted by Gasteiger charge is 2.65. The van der Waals surface area contributed by atoms with Crippen LogP contribution in [0.3, 0.4) is 0 Å². The highest BCUT2D eigenvalue weighted by atomic mass is 32.2. The van der Waals surface area contributed by atoms with Crippen LogP contribution in [0.25, 0.3) is 10.9 Å². The molecule has 0 aliphatic carbocycles. The lowest BCUT2D eigenvalue weighted by Gasteiger charge is -2.53. The molecule has 2 heterocycles. The van der Waals surface area contributed by atoms with Gasteiger partial charge in [-0.05, 0) is 33.6 Å². The number of hydrogen-bond acceptors (Lipinski definition) is 8. The van der Waals surface area contributed by atoms with E-state index in [0.717, 1.165) is 14.3 Å². The lowest BCUT2D eigenvalue weighted by atomic mass is 9.74. The molecule has 1 aromatic heterocycles. The van der Waals surface area contributed by atoms with E-state index in [0.29, 0.717) is 0 Å². The minimum absolute atomic E-state index is 0.0149. The van der Waals surface area contributed by atoms with Gasteiger partial charge < -0.3 is 29.6 Å². The van der Waals surface area contributed by atoms with Crippen molar-refractivity contribution in [2.24, 2.45) is 0 Å². The molecule has 0 saturated carbocycles. The summed E-state index contributed by atoms with van der Waals surface area (Å²) in [6, 6.07) is 34.1. The molecule has 5 aromatic rings. The Balaban J connectivity index is 1.42. The third-order valence-corrected chi connectivity index (χ3v) is 16.5. The van der Waals surface area contributed by atoms with E-state index in [1.165, 1.54) is 18.3 Å². The van der Waals surface area contributed by atoms with Gasteiger partial charge in [-0.25, -0.2) is 12.4 Å². The van der Waals surface area contributed by atoms with Crippen molar-refractivity contribution in [1.29, 1.82) is 0 Å². The molecule has 1 aliphatic heterocycles. The molecule has 4 N–H and O–H groups in total. The minimum Gasteiger partial charge on any atom is -0.405 e. The van der Waals surface area contributed by atoms with Gasteiger partial charge in [0.05, 0.1) is 17.0 Å². The molecule has 1 saturated heterocycles. The Morgan fingerprint density at radius 2 is 1.33 bits per heavy atom. The van der Waals surface area contributed by atoms with Crippen LogP contribution in [0.4, 0.5) is 0 Å². The summed E-state index contributed by atoms with van der Waals surface area (Å²) < 4.78 is 41.9. The molecule has 0 bridgehead atoms. The van der Waals surface area contributed by atoms with Crippen molar-refractivity contribution in [3.8, 4) is 0 Å². The van der Waals surface area contributed by atoms with Gasteiger partial charge in [0.2, 0.25) is 5.79 Å². The van der Waals surface area contributed by atoms with Crippen molar-refractivity contribution in [2.45, 2.75) is 73.7 Å². The van der Waals surface area contributed by atoms with Crippen molar-refractivity contribution in [3.05, 3.63) is 127 Å². The SMILES string of the molecule is CC[C@@]1(O)O[C@H](CO[Si](c2ccccc2)(c2ccccc2)C(C)(C)C)[C@@H](O)[C@H](O)[C@]1(O)c1cn(S(=O)(=O)c2ccccc2)c2ccccc12. The van der Waals surface area contributed by atoms with Crippen molar-refractivity contribution in [2.75, 3.05) is 6.61 Å². The molecular formula is C38H43NO8SSi. The van der Waals surface area contributed by atoms with E-state index in [-0.39, 0.29) is 34.4 Å². The van der Waals surface area contributed by atoms with E-state index in [2.05, 4.69) is 20.8 Å². The Hall–Kier alpha value is -3.65. The number of aliphatic hydroxyl groups is 4. The van der Waals surface area contributed by atoms with Crippen LogP contribution in [0.5, 0.6) is 0 Å². The summed E-state index contributed by atoms with van der Waals surface area (Å²) in [4.78, 5) is 0.0149. The van der Waals surface area contributed by atoms with Gasteiger partial charge in [-0.15, -0.1) is 0 Å². The van der Waals surface area contributed by atoms with E-state index in [1.807, 2.05) is 60.7 Å². The second kappa shape index (κ2) is 12.9. The van der Waals surface area contributed by atoms with Crippen LogP contribution < -0.4 is 10.4 Å². The third-order valence-electron chi connectivity index (χ3n) is 9.82. The van der Waals surface area contributed by atoms with Crippen molar-refractivity contribution in [1.82, 2.24) is 3.97 Å². The van der Waals surface area contributed by atoms with Crippen LogP contribution in [-0.4, -0.2) is 71.8 Å². The van der Waals surface area contributed by atoms with E-state index in [4.69, 9.17) is 9.16 Å². The monoisotopic (exact) mass is 701 g/mol. The molecule has 1 fully saturated rings. The number of nitrogens with zero attached hydrogens (tertiary/aromatic N) is 1. The Bertz CT molecular complexity index is 1980. The Labute approximate surface area is 288 Å². The first-order valence-corrected chi connectivity index (χ1v) is 19.7. The van der Waals surface area contributed by atoms with Crippen molar-refractivity contribution < 1.29 is 38.0 Å². The van der Waals surface area contributed by atoms with Gasteiger partial charge in [-0.2, -0.15) is 0 Å². The van der Waals surface area contributed by atoms with Crippen LogP contribution in [0, 0.1) is 0 Å². The van der Waals surface area contributed by atoms with Gasteiger partial charge in [-0.1, -0.05) is 125 Å². The molecule has 1 aliphatic rings. The van der Waals surface area contributed by atoms with E-state index in [1.54, 1.807) is 49.4 Å². The molecule has 5 atom stereocenters. The van der Waals surface area contributed by atoms with Gasteiger partial charge in [0.1, 0.15) is 18.3 Å². The second-order valence-corrected chi connectivity index (χ2v) is 19.8. The zero-order chi connectivity index (χ0) is 35.2. The first-order valence-electron chi connectivity index (χ1n) is 16.4. The Morgan fingerprint density at radius 1 is 0.816 bits per heavy atom. The fourth-order valence-electron chi connectivity index (χ4n) is 7.27. The molecule has 258 valence electrons. The largest absolute Gasteiger partial charge is 0.405 e. The van der Waals surface area contributed by atoms with Gasteiger partial charge >= 0.3 is 0 Å². The molecule has 0 spiro atoms.